The van der Waals surface area contributed by atoms with Crippen LogP contribution in [0.3, 0.4) is 0 Å². The van der Waals surface area contributed by atoms with Crippen molar-refractivity contribution in [2.75, 3.05) is 52.6 Å². The Morgan fingerprint density at radius 2 is 1.09 bits per heavy atom. The molecule has 0 amide bonds. The number of thioether (sulfide) groups is 1. The van der Waals surface area contributed by atoms with Crippen molar-refractivity contribution in [3.05, 3.63) is 22.2 Å². The van der Waals surface area contributed by atoms with E-state index < -0.39 is 12.9 Å². The third-order valence-electron chi connectivity index (χ3n) is 3.58. The summed E-state index contributed by atoms with van der Waals surface area (Å²) in [5, 5.41) is 2.50. The molecule has 4 nitrogen and oxygen atoms in total. The lowest BCUT2D eigenvalue weighted by molar-refractivity contribution is 0.0346. The first-order chi connectivity index (χ1) is 11.1. The molecule has 2 aliphatic heterocycles. The van der Waals surface area contributed by atoms with Gasteiger partial charge in [-0.3, -0.25) is 0 Å². The minimum atomic E-state index is -2.65. The molecule has 0 radical (unpaired) electrons. The molecule has 0 saturated carbocycles. The van der Waals surface area contributed by atoms with Crippen LogP contribution in [0.4, 0.5) is 17.6 Å². The number of allylic oxidation sites excluding steroid dienone is 2. The normalized spacial score (nSPS) is 21.5. The van der Waals surface area contributed by atoms with E-state index in [1.165, 1.54) is 20.6 Å². The summed E-state index contributed by atoms with van der Waals surface area (Å²) in [6.07, 6.45) is -5.29. The third kappa shape index (κ3) is 5.58. The van der Waals surface area contributed by atoms with Crippen LogP contribution in [0.2, 0.25) is 0 Å². The molecule has 0 N–H and O–H groups in total. The number of halogens is 4. The van der Waals surface area contributed by atoms with E-state index in [4.69, 9.17) is 9.47 Å². The SMILES string of the molecule is FC(F)C(=CSC=C(C(F)F)N1CCOCC1)N1CCOCC1. The summed E-state index contributed by atoms with van der Waals surface area (Å²) in [5.74, 6) is 0. The number of nitrogens with zero attached hydrogens (tertiary/aromatic N) is 2. The fourth-order valence-electron chi connectivity index (χ4n) is 2.34. The molecule has 0 spiro atoms. The Hall–Kier alpha value is -0.930. The van der Waals surface area contributed by atoms with Crippen molar-refractivity contribution in [3.8, 4) is 0 Å². The number of morpholine rings is 2. The van der Waals surface area contributed by atoms with Crippen molar-refractivity contribution in [2.24, 2.45) is 0 Å². The Bertz CT molecular complexity index is 385. The summed E-state index contributed by atoms with van der Waals surface area (Å²) >= 11 is 0.864. The Kier molecular flexibility index (Phi) is 7.51. The van der Waals surface area contributed by atoms with E-state index in [9.17, 15) is 17.6 Å². The van der Waals surface area contributed by atoms with Crippen molar-refractivity contribution >= 4 is 11.8 Å². The molecule has 132 valence electrons. The fraction of sp³-hybridized carbons (Fsp3) is 0.714. The average molecular weight is 356 g/mol. The zero-order chi connectivity index (χ0) is 16.7. The van der Waals surface area contributed by atoms with Crippen molar-refractivity contribution in [1.29, 1.82) is 0 Å². The van der Waals surface area contributed by atoms with Crippen LogP contribution in [0.15, 0.2) is 22.2 Å². The average Bonchev–Trinajstić information content (AvgIpc) is 2.56. The van der Waals surface area contributed by atoms with Gasteiger partial charge >= 0.3 is 0 Å². The number of rotatable bonds is 6. The largest absolute Gasteiger partial charge is 0.378 e. The first kappa shape index (κ1) is 18.4. The highest BCUT2D eigenvalue weighted by Crippen LogP contribution is 2.24. The van der Waals surface area contributed by atoms with E-state index in [2.05, 4.69) is 0 Å². The maximum absolute atomic E-state index is 13.2. The molecule has 23 heavy (non-hydrogen) atoms. The molecule has 0 aromatic heterocycles. The molecule has 0 unspecified atom stereocenters. The zero-order valence-electron chi connectivity index (χ0n) is 12.6. The van der Waals surface area contributed by atoms with E-state index in [-0.39, 0.29) is 11.4 Å². The van der Waals surface area contributed by atoms with Crippen LogP contribution < -0.4 is 0 Å². The predicted octanol–water partition coefficient (Wildman–Crippen LogP) is 2.60. The molecular weight excluding hydrogens is 336 g/mol. The van der Waals surface area contributed by atoms with Gasteiger partial charge < -0.3 is 19.3 Å². The highest BCUT2D eigenvalue weighted by Gasteiger charge is 2.23. The topological polar surface area (TPSA) is 24.9 Å². The van der Waals surface area contributed by atoms with E-state index in [0.29, 0.717) is 52.6 Å². The van der Waals surface area contributed by atoms with Crippen LogP contribution in [-0.4, -0.2) is 75.3 Å². The van der Waals surface area contributed by atoms with Gasteiger partial charge in [0.25, 0.3) is 12.9 Å². The molecule has 0 atom stereocenters. The van der Waals surface area contributed by atoms with E-state index in [1.807, 2.05) is 0 Å². The molecule has 9 heteroatoms. The minimum absolute atomic E-state index is 0.148. The second kappa shape index (κ2) is 9.39. The summed E-state index contributed by atoms with van der Waals surface area (Å²) in [6, 6.07) is 0. The van der Waals surface area contributed by atoms with Crippen LogP contribution in [-0.2, 0) is 9.47 Å². The molecule has 0 bridgehead atoms. The van der Waals surface area contributed by atoms with Gasteiger partial charge in [0.15, 0.2) is 0 Å². The van der Waals surface area contributed by atoms with Crippen molar-refractivity contribution in [3.63, 3.8) is 0 Å². The van der Waals surface area contributed by atoms with E-state index in [1.54, 1.807) is 0 Å². The molecule has 2 rings (SSSR count). The number of ether oxygens (including phenoxy) is 2. The van der Waals surface area contributed by atoms with Gasteiger partial charge in [-0.25, -0.2) is 17.6 Å². The Morgan fingerprint density at radius 3 is 1.39 bits per heavy atom. The number of hydrogen-bond acceptors (Lipinski definition) is 5. The smallest absolute Gasteiger partial charge is 0.278 e. The van der Waals surface area contributed by atoms with Crippen molar-refractivity contribution in [2.45, 2.75) is 12.9 Å². The van der Waals surface area contributed by atoms with Gasteiger partial charge in [-0.1, -0.05) is 0 Å². The molecule has 2 heterocycles. The summed E-state index contributed by atoms with van der Waals surface area (Å²) in [5.41, 5.74) is -0.296. The van der Waals surface area contributed by atoms with Gasteiger partial charge in [0, 0.05) is 37.0 Å². The molecule has 2 saturated heterocycles. The van der Waals surface area contributed by atoms with Gasteiger partial charge in [-0.15, -0.1) is 11.8 Å². The predicted molar refractivity (Wildman–Crippen MR) is 80.5 cm³/mol. The van der Waals surface area contributed by atoms with Crippen LogP contribution in [0.25, 0.3) is 0 Å². The lowest BCUT2D eigenvalue weighted by atomic mass is 10.3. The zero-order valence-corrected chi connectivity index (χ0v) is 13.4. The summed E-state index contributed by atoms with van der Waals surface area (Å²) in [6.45, 7) is 3.08. The summed E-state index contributed by atoms with van der Waals surface area (Å²) < 4.78 is 62.9. The third-order valence-corrected chi connectivity index (χ3v) is 4.33. The molecule has 0 aliphatic carbocycles. The lowest BCUT2D eigenvalue weighted by Crippen LogP contribution is -2.37. The van der Waals surface area contributed by atoms with Gasteiger partial charge in [-0.05, 0) is 0 Å². The Balaban J connectivity index is 2.03. The molecule has 2 aliphatic rings. The van der Waals surface area contributed by atoms with Crippen molar-refractivity contribution < 1.29 is 27.0 Å². The lowest BCUT2D eigenvalue weighted by Gasteiger charge is -2.31. The maximum Gasteiger partial charge on any atom is 0.278 e. The second-order valence-electron chi connectivity index (χ2n) is 5.02. The molecule has 2 fully saturated rings. The van der Waals surface area contributed by atoms with Crippen LogP contribution in [0, 0.1) is 0 Å². The standard InChI is InChI=1S/C14H20F4N2O2S/c15-13(16)11(19-1-5-21-6-2-19)9-23-10-12(14(17)18)20-3-7-22-8-4-20/h9-10,13-14H,1-8H2. The second-order valence-corrected chi connectivity index (χ2v) is 5.77. The quantitative estimate of drug-likeness (QED) is 0.682. The highest BCUT2D eigenvalue weighted by molar-refractivity contribution is 8.04. The van der Waals surface area contributed by atoms with Gasteiger partial charge in [0.05, 0.1) is 37.8 Å². The van der Waals surface area contributed by atoms with E-state index in [0.717, 1.165) is 11.8 Å². The Morgan fingerprint density at radius 1 is 0.739 bits per heavy atom. The van der Waals surface area contributed by atoms with Crippen LogP contribution >= 0.6 is 11.8 Å². The Labute approximate surface area is 137 Å². The summed E-state index contributed by atoms with van der Waals surface area (Å²) in [7, 11) is 0. The van der Waals surface area contributed by atoms with Crippen LogP contribution in [0.1, 0.15) is 0 Å². The molecule has 0 aromatic carbocycles. The van der Waals surface area contributed by atoms with E-state index >= 15 is 0 Å². The highest BCUT2D eigenvalue weighted by atomic mass is 32.2. The number of alkyl halides is 4. The van der Waals surface area contributed by atoms with Gasteiger partial charge in [-0.2, -0.15) is 0 Å². The maximum atomic E-state index is 13.2. The van der Waals surface area contributed by atoms with Crippen molar-refractivity contribution in [1.82, 2.24) is 9.80 Å². The first-order valence-corrected chi connectivity index (χ1v) is 8.31. The molecule has 0 aromatic rings. The van der Waals surface area contributed by atoms with Gasteiger partial charge in [0.2, 0.25) is 0 Å². The fourth-order valence-corrected chi connectivity index (χ4v) is 3.20. The van der Waals surface area contributed by atoms with Gasteiger partial charge in [0.1, 0.15) is 0 Å². The number of hydrogen-bond donors (Lipinski definition) is 0. The monoisotopic (exact) mass is 356 g/mol. The summed E-state index contributed by atoms with van der Waals surface area (Å²) in [4.78, 5) is 3.07. The first-order valence-electron chi connectivity index (χ1n) is 7.37. The molecular formula is C14H20F4N2O2S. The minimum Gasteiger partial charge on any atom is -0.378 e. The van der Waals surface area contributed by atoms with Crippen LogP contribution in [0.5, 0.6) is 0 Å².